The molecule has 1 heterocycles. The monoisotopic (exact) mass is 341 g/mol. The van der Waals surface area contributed by atoms with Gasteiger partial charge >= 0.3 is 0 Å². The summed E-state index contributed by atoms with van der Waals surface area (Å²) in [5.74, 6) is 0.954. The topological polar surface area (TPSA) is 43.8 Å². The van der Waals surface area contributed by atoms with Gasteiger partial charge in [0.25, 0.3) is 0 Å². The van der Waals surface area contributed by atoms with Crippen LogP contribution in [0.5, 0.6) is 0 Å². The van der Waals surface area contributed by atoms with E-state index >= 15 is 0 Å². The first kappa shape index (κ1) is 15.7. The molecule has 0 amide bonds. The third-order valence-electron chi connectivity index (χ3n) is 3.73. The van der Waals surface area contributed by atoms with Crippen molar-refractivity contribution < 1.29 is 0 Å². The molecule has 0 aliphatic carbocycles. The fourth-order valence-electron chi connectivity index (χ4n) is 2.55. The smallest absolute Gasteiger partial charge is 0.113 e. The predicted octanol–water partition coefficient (Wildman–Crippen LogP) is 3.81. The summed E-state index contributed by atoms with van der Waals surface area (Å²) in [6.07, 6.45) is 4.44. The standard InChI is InChI=1S/C18H16ClN3S/c19-16-8-4-2-5-13(16)11-17-21-9-10-22(17)12-14-6-1-3-7-15(14)18(20)23/h1-10H,11-12H2,(H2,20,23). The number of halogens is 1. The van der Waals surface area contributed by atoms with E-state index in [-0.39, 0.29) is 0 Å². The molecule has 5 heteroatoms. The van der Waals surface area contributed by atoms with Gasteiger partial charge in [-0.05, 0) is 17.2 Å². The van der Waals surface area contributed by atoms with Gasteiger partial charge in [0.15, 0.2) is 0 Å². The molecule has 116 valence electrons. The van der Waals surface area contributed by atoms with Gasteiger partial charge in [0.1, 0.15) is 10.8 Å². The summed E-state index contributed by atoms with van der Waals surface area (Å²) in [5.41, 5.74) is 8.86. The number of aromatic nitrogens is 2. The number of nitrogens with two attached hydrogens (primary N) is 1. The van der Waals surface area contributed by atoms with Crippen molar-refractivity contribution in [2.45, 2.75) is 13.0 Å². The van der Waals surface area contributed by atoms with E-state index in [0.29, 0.717) is 18.0 Å². The summed E-state index contributed by atoms with van der Waals surface area (Å²) in [6.45, 7) is 0.674. The lowest BCUT2D eigenvalue weighted by molar-refractivity contribution is 0.740. The largest absolute Gasteiger partial charge is 0.389 e. The Balaban J connectivity index is 1.88. The highest BCUT2D eigenvalue weighted by Gasteiger charge is 2.10. The van der Waals surface area contributed by atoms with E-state index in [4.69, 9.17) is 29.6 Å². The van der Waals surface area contributed by atoms with Gasteiger partial charge in [0.2, 0.25) is 0 Å². The molecule has 2 aromatic carbocycles. The van der Waals surface area contributed by atoms with Crippen LogP contribution in [0.1, 0.15) is 22.5 Å². The number of benzene rings is 2. The number of thiocarbonyl (C=S) groups is 1. The van der Waals surface area contributed by atoms with Crippen molar-refractivity contribution in [3.05, 3.63) is 88.5 Å². The number of rotatable bonds is 5. The quantitative estimate of drug-likeness (QED) is 0.718. The molecule has 3 aromatic rings. The maximum Gasteiger partial charge on any atom is 0.113 e. The van der Waals surface area contributed by atoms with E-state index in [9.17, 15) is 0 Å². The van der Waals surface area contributed by atoms with Gasteiger partial charge in [-0.2, -0.15) is 0 Å². The summed E-state index contributed by atoms with van der Waals surface area (Å²) in [4.78, 5) is 4.87. The molecule has 0 fully saturated rings. The van der Waals surface area contributed by atoms with Gasteiger partial charge < -0.3 is 10.3 Å². The molecule has 0 bridgehead atoms. The fourth-order valence-corrected chi connectivity index (χ4v) is 2.95. The Morgan fingerprint density at radius 3 is 2.52 bits per heavy atom. The van der Waals surface area contributed by atoms with Crippen LogP contribution in [-0.2, 0) is 13.0 Å². The van der Waals surface area contributed by atoms with Crippen molar-refractivity contribution in [2.75, 3.05) is 0 Å². The maximum absolute atomic E-state index is 6.25. The second-order valence-corrected chi connectivity index (χ2v) is 6.11. The minimum atomic E-state index is 0.411. The molecule has 1 aromatic heterocycles. The van der Waals surface area contributed by atoms with Crippen LogP contribution in [0.3, 0.4) is 0 Å². The third kappa shape index (κ3) is 3.60. The van der Waals surface area contributed by atoms with Crippen molar-refractivity contribution >= 4 is 28.8 Å². The van der Waals surface area contributed by atoms with Crippen LogP contribution in [0.4, 0.5) is 0 Å². The molecule has 3 nitrogen and oxygen atoms in total. The fraction of sp³-hybridized carbons (Fsp3) is 0.111. The lowest BCUT2D eigenvalue weighted by Gasteiger charge is -2.12. The van der Waals surface area contributed by atoms with Crippen LogP contribution in [-0.4, -0.2) is 14.5 Å². The SMILES string of the molecule is NC(=S)c1ccccc1Cn1ccnc1Cc1ccccc1Cl. The highest BCUT2D eigenvalue weighted by molar-refractivity contribution is 7.80. The molecular formula is C18H16ClN3S. The molecule has 3 rings (SSSR count). The van der Waals surface area contributed by atoms with Gasteiger partial charge in [-0.25, -0.2) is 4.98 Å². The predicted molar refractivity (Wildman–Crippen MR) is 97.9 cm³/mol. The Morgan fingerprint density at radius 2 is 1.78 bits per heavy atom. The molecule has 0 spiro atoms. The van der Waals surface area contributed by atoms with Crippen LogP contribution in [0.15, 0.2) is 60.9 Å². The minimum absolute atomic E-state index is 0.411. The number of imidazole rings is 1. The Hall–Kier alpha value is -2.17. The summed E-state index contributed by atoms with van der Waals surface area (Å²) < 4.78 is 2.10. The first-order chi connectivity index (χ1) is 11.1. The van der Waals surface area contributed by atoms with Crippen molar-refractivity contribution in [3.8, 4) is 0 Å². The van der Waals surface area contributed by atoms with Gasteiger partial charge in [0, 0.05) is 35.9 Å². The van der Waals surface area contributed by atoms with Crippen LogP contribution in [0, 0.1) is 0 Å². The number of hydrogen-bond acceptors (Lipinski definition) is 2. The van der Waals surface area contributed by atoms with Crippen LogP contribution >= 0.6 is 23.8 Å². The Kier molecular flexibility index (Phi) is 4.74. The average Bonchev–Trinajstić information content (AvgIpc) is 2.97. The van der Waals surface area contributed by atoms with E-state index in [0.717, 1.165) is 27.5 Å². The van der Waals surface area contributed by atoms with E-state index in [1.54, 1.807) is 6.20 Å². The summed E-state index contributed by atoms with van der Waals surface area (Å²) in [6, 6.07) is 15.7. The van der Waals surface area contributed by atoms with Crippen LogP contribution in [0.25, 0.3) is 0 Å². The Labute approximate surface area is 145 Å². The third-order valence-corrected chi connectivity index (χ3v) is 4.32. The van der Waals surface area contributed by atoms with E-state index in [2.05, 4.69) is 9.55 Å². The molecule has 2 N–H and O–H groups in total. The molecule has 0 aliphatic heterocycles. The molecule has 0 aliphatic rings. The number of nitrogens with zero attached hydrogens (tertiary/aromatic N) is 2. The summed E-state index contributed by atoms with van der Waals surface area (Å²) in [5, 5.41) is 0.755. The highest BCUT2D eigenvalue weighted by atomic mass is 35.5. The van der Waals surface area contributed by atoms with E-state index in [1.165, 1.54) is 0 Å². The van der Waals surface area contributed by atoms with Gasteiger partial charge in [-0.15, -0.1) is 0 Å². The van der Waals surface area contributed by atoms with Gasteiger partial charge in [0.05, 0.1) is 0 Å². The van der Waals surface area contributed by atoms with E-state index < -0.39 is 0 Å². The number of hydrogen-bond donors (Lipinski definition) is 1. The average molecular weight is 342 g/mol. The first-order valence-electron chi connectivity index (χ1n) is 7.26. The maximum atomic E-state index is 6.25. The molecule has 0 saturated heterocycles. The highest BCUT2D eigenvalue weighted by Crippen LogP contribution is 2.19. The normalized spacial score (nSPS) is 10.7. The summed E-state index contributed by atoms with van der Waals surface area (Å²) in [7, 11) is 0. The lowest BCUT2D eigenvalue weighted by Crippen LogP contribution is -2.14. The van der Waals surface area contributed by atoms with Crippen molar-refractivity contribution in [1.82, 2.24) is 9.55 Å². The minimum Gasteiger partial charge on any atom is -0.389 e. The molecule has 0 saturated carbocycles. The van der Waals surface area contributed by atoms with Crippen molar-refractivity contribution in [3.63, 3.8) is 0 Å². The second-order valence-electron chi connectivity index (χ2n) is 5.26. The molecular weight excluding hydrogens is 326 g/mol. The Morgan fingerprint density at radius 1 is 1.09 bits per heavy atom. The molecule has 23 heavy (non-hydrogen) atoms. The van der Waals surface area contributed by atoms with Crippen molar-refractivity contribution in [1.29, 1.82) is 0 Å². The molecule has 0 unspecified atom stereocenters. The van der Waals surface area contributed by atoms with Crippen LogP contribution < -0.4 is 5.73 Å². The van der Waals surface area contributed by atoms with Gasteiger partial charge in [-0.1, -0.05) is 66.3 Å². The van der Waals surface area contributed by atoms with E-state index in [1.807, 2.05) is 54.7 Å². The Bertz CT molecular complexity index is 842. The first-order valence-corrected chi connectivity index (χ1v) is 8.05. The molecule has 0 atom stereocenters. The van der Waals surface area contributed by atoms with Gasteiger partial charge in [-0.3, -0.25) is 0 Å². The molecule has 0 radical (unpaired) electrons. The zero-order valence-corrected chi connectivity index (χ0v) is 14.0. The second kappa shape index (κ2) is 6.94. The zero-order valence-electron chi connectivity index (χ0n) is 12.4. The zero-order chi connectivity index (χ0) is 16.2. The lowest BCUT2D eigenvalue weighted by atomic mass is 10.1. The van der Waals surface area contributed by atoms with Crippen LogP contribution in [0.2, 0.25) is 5.02 Å². The van der Waals surface area contributed by atoms with Crippen molar-refractivity contribution in [2.24, 2.45) is 5.73 Å². The summed E-state index contributed by atoms with van der Waals surface area (Å²) >= 11 is 11.4.